The Morgan fingerprint density at radius 2 is 1.87 bits per heavy atom. The van der Waals surface area contributed by atoms with Crippen molar-refractivity contribution in [3.05, 3.63) is 101 Å². The van der Waals surface area contributed by atoms with Crippen molar-refractivity contribution in [3.63, 3.8) is 0 Å². The highest BCUT2D eigenvalue weighted by Gasteiger charge is 2.24. The Bertz CT molecular complexity index is 1330. The number of aromatic nitrogens is 2. The number of hydrogen-bond donors (Lipinski definition) is 1. The molecule has 30 heavy (non-hydrogen) atoms. The first-order chi connectivity index (χ1) is 14.7. The maximum atomic E-state index is 6.32. The van der Waals surface area contributed by atoms with Gasteiger partial charge in [0.15, 0.2) is 0 Å². The molecular weight excluding hydrogens is 434 g/mol. The van der Waals surface area contributed by atoms with Gasteiger partial charge >= 0.3 is 0 Å². The molecule has 1 unspecified atom stereocenters. The van der Waals surface area contributed by atoms with Crippen LogP contribution in [0.2, 0.25) is 0 Å². The fraction of sp³-hybridized carbons (Fsp3) is 0.115. The summed E-state index contributed by atoms with van der Waals surface area (Å²) in [5, 5.41) is 2.28. The molecule has 1 aromatic heterocycles. The maximum absolute atomic E-state index is 6.32. The van der Waals surface area contributed by atoms with E-state index in [4.69, 9.17) is 10.7 Å². The highest BCUT2D eigenvalue weighted by Crippen LogP contribution is 2.38. The zero-order valence-corrected chi connectivity index (χ0v) is 18.1. The number of fused-ring (bicyclic) bond motifs is 3. The monoisotopic (exact) mass is 455 g/mol. The van der Waals surface area contributed by atoms with Gasteiger partial charge in [0.05, 0.1) is 11.0 Å². The molecule has 148 valence electrons. The smallest absolute Gasteiger partial charge is 0.121 e. The average molecular weight is 456 g/mol. The quantitative estimate of drug-likeness (QED) is 0.374. The predicted octanol–water partition coefficient (Wildman–Crippen LogP) is 6.64. The molecule has 0 amide bonds. The first-order valence-corrected chi connectivity index (χ1v) is 10.9. The van der Waals surface area contributed by atoms with Crippen LogP contribution < -0.4 is 5.73 Å². The molecule has 3 nitrogen and oxygen atoms in total. The van der Waals surface area contributed by atoms with Crippen LogP contribution in [0, 0.1) is 0 Å². The van der Waals surface area contributed by atoms with E-state index in [1.54, 1.807) is 0 Å². The van der Waals surface area contributed by atoms with Crippen LogP contribution in [0.5, 0.6) is 0 Å². The summed E-state index contributed by atoms with van der Waals surface area (Å²) in [4.78, 5) is 5.22. The van der Waals surface area contributed by atoms with E-state index in [1.165, 1.54) is 0 Å². The molecule has 0 saturated carbocycles. The van der Waals surface area contributed by atoms with E-state index in [2.05, 4.69) is 99.9 Å². The molecule has 4 heteroatoms. The molecule has 1 aliphatic rings. The van der Waals surface area contributed by atoms with E-state index in [0.717, 1.165) is 55.3 Å². The van der Waals surface area contributed by atoms with E-state index in [0.29, 0.717) is 6.54 Å². The number of rotatable bonds is 4. The van der Waals surface area contributed by atoms with Gasteiger partial charge in [0.1, 0.15) is 5.82 Å². The van der Waals surface area contributed by atoms with Crippen LogP contribution >= 0.6 is 15.9 Å². The molecule has 4 aromatic rings. The Balaban J connectivity index is 1.96. The van der Waals surface area contributed by atoms with Crippen molar-refractivity contribution >= 4 is 43.8 Å². The van der Waals surface area contributed by atoms with Crippen LogP contribution in [0.4, 0.5) is 0 Å². The summed E-state index contributed by atoms with van der Waals surface area (Å²) in [6.45, 7) is 4.52. The van der Waals surface area contributed by atoms with Crippen molar-refractivity contribution in [2.24, 2.45) is 5.73 Å². The molecule has 3 aromatic carbocycles. The van der Waals surface area contributed by atoms with Crippen LogP contribution in [0.3, 0.4) is 0 Å². The van der Waals surface area contributed by atoms with Crippen molar-refractivity contribution in [2.45, 2.75) is 18.9 Å². The number of nitrogens with zero attached hydrogens (tertiary/aromatic N) is 2. The molecule has 1 aliphatic carbocycles. The van der Waals surface area contributed by atoms with Gasteiger partial charge in [0, 0.05) is 28.0 Å². The molecule has 5 rings (SSSR count). The SMILES string of the molecule is C=Cc1c(CN)c2c(nc(C3C=CC=CC3)n2-c2ccc(Br)cc2)c2ccccc12. The molecule has 0 fully saturated rings. The number of imidazole rings is 1. The lowest BCUT2D eigenvalue weighted by atomic mass is 9.96. The standard InChI is InChI=1S/C26H22BrN3/c1-2-20-21-10-6-7-11-22(21)24-25(23(20)16-28)30(19-14-12-18(27)13-15-19)26(29-24)17-8-4-3-5-9-17/h2-8,10-15,17H,1,9,16,28H2. The van der Waals surface area contributed by atoms with Crippen LogP contribution in [0.15, 0.2) is 83.9 Å². The number of allylic oxidation sites excluding steroid dienone is 4. The molecular formula is C26H22BrN3. The van der Waals surface area contributed by atoms with Crippen molar-refractivity contribution < 1.29 is 0 Å². The zero-order chi connectivity index (χ0) is 20.7. The molecule has 0 radical (unpaired) electrons. The summed E-state index contributed by atoms with van der Waals surface area (Å²) in [7, 11) is 0. The summed E-state index contributed by atoms with van der Waals surface area (Å²) in [5.74, 6) is 1.25. The minimum Gasteiger partial charge on any atom is -0.326 e. The van der Waals surface area contributed by atoms with Gasteiger partial charge in [-0.2, -0.15) is 0 Å². The minimum atomic E-state index is 0.211. The van der Waals surface area contributed by atoms with E-state index in [1.807, 2.05) is 6.08 Å². The van der Waals surface area contributed by atoms with Crippen LogP contribution in [-0.2, 0) is 6.54 Å². The average Bonchev–Trinajstić information content (AvgIpc) is 3.20. The Hall–Kier alpha value is -2.95. The molecule has 0 spiro atoms. The first kappa shape index (κ1) is 19.0. The molecule has 0 saturated heterocycles. The van der Waals surface area contributed by atoms with Gasteiger partial charge in [-0.05, 0) is 47.2 Å². The molecule has 0 bridgehead atoms. The lowest BCUT2D eigenvalue weighted by Gasteiger charge is -2.18. The largest absolute Gasteiger partial charge is 0.326 e. The predicted molar refractivity (Wildman–Crippen MR) is 130 cm³/mol. The van der Waals surface area contributed by atoms with Gasteiger partial charge in [0.25, 0.3) is 0 Å². The summed E-state index contributed by atoms with van der Waals surface area (Å²) >= 11 is 3.56. The number of hydrogen-bond acceptors (Lipinski definition) is 2. The van der Waals surface area contributed by atoms with Crippen LogP contribution in [0.1, 0.15) is 29.3 Å². The van der Waals surface area contributed by atoms with Crippen LogP contribution in [-0.4, -0.2) is 9.55 Å². The second kappa shape index (κ2) is 7.71. The maximum Gasteiger partial charge on any atom is 0.121 e. The van der Waals surface area contributed by atoms with Gasteiger partial charge in [0.2, 0.25) is 0 Å². The lowest BCUT2D eigenvalue weighted by molar-refractivity contribution is 0.757. The Morgan fingerprint density at radius 1 is 1.10 bits per heavy atom. The highest BCUT2D eigenvalue weighted by molar-refractivity contribution is 9.10. The second-order valence-corrected chi connectivity index (χ2v) is 8.40. The minimum absolute atomic E-state index is 0.211. The van der Waals surface area contributed by atoms with Gasteiger partial charge in [-0.15, -0.1) is 0 Å². The number of benzene rings is 3. The second-order valence-electron chi connectivity index (χ2n) is 7.48. The summed E-state index contributed by atoms with van der Waals surface area (Å²) in [5.41, 5.74) is 11.6. The lowest BCUT2D eigenvalue weighted by Crippen LogP contribution is -2.09. The third-order valence-electron chi connectivity index (χ3n) is 5.79. The van der Waals surface area contributed by atoms with Crippen molar-refractivity contribution in [2.75, 3.05) is 0 Å². The number of halogens is 1. The normalized spacial score (nSPS) is 15.9. The Kier molecular flexibility index (Phi) is 4.89. The van der Waals surface area contributed by atoms with Crippen LogP contribution in [0.25, 0.3) is 33.6 Å². The third kappa shape index (κ3) is 2.95. The van der Waals surface area contributed by atoms with Gasteiger partial charge in [-0.25, -0.2) is 4.98 Å². The zero-order valence-electron chi connectivity index (χ0n) is 16.6. The van der Waals surface area contributed by atoms with E-state index in [-0.39, 0.29) is 5.92 Å². The fourth-order valence-electron chi connectivity index (χ4n) is 4.43. The summed E-state index contributed by atoms with van der Waals surface area (Å²) in [6, 6.07) is 16.8. The van der Waals surface area contributed by atoms with Crippen molar-refractivity contribution in [1.82, 2.24) is 9.55 Å². The first-order valence-electron chi connectivity index (χ1n) is 10.1. The van der Waals surface area contributed by atoms with E-state index in [9.17, 15) is 0 Å². The Labute approximate surface area is 184 Å². The molecule has 2 N–H and O–H groups in total. The van der Waals surface area contributed by atoms with Crippen molar-refractivity contribution in [3.8, 4) is 5.69 Å². The molecule has 1 heterocycles. The fourth-order valence-corrected chi connectivity index (χ4v) is 4.69. The van der Waals surface area contributed by atoms with E-state index >= 15 is 0 Å². The highest BCUT2D eigenvalue weighted by atomic mass is 79.9. The van der Waals surface area contributed by atoms with Gasteiger partial charge in [-0.3, -0.25) is 4.57 Å². The summed E-state index contributed by atoms with van der Waals surface area (Å²) in [6.07, 6.45) is 11.5. The topological polar surface area (TPSA) is 43.8 Å². The molecule has 1 atom stereocenters. The third-order valence-corrected chi connectivity index (χ3v) is 6.32. The summed E-state index contributed by atoms with van der Waals surface area (Å²) < 4.78 is 3.34. The number of nitrogens with two attached hydrogens (primary N) is 1. The Morgan fingerprint density at radius 3 is 2.53 bits per heavy atom. The van der Waals surface area contributed by atoms with E-state index < -0.39 is 0 Å². The van der Waals surface area contributed by atoms with Crippen molar-refractivity contribution in [1.29, 1.82) is 0 Å². The van der Waals surface area contributed by atoms with Gasteiger partial charge < -0.3 is 5.73 Å². The molecule has 0 aliphatic heterocycles. The van der Waals surface area contributed by atoms with Gasteiger partial charge in [-0.1, -0.05) is 77.2 Å².